The SMILES string of the molecule is Nc1cc(OCc2cccc(Cl)c2)ccc1Cl. The molecule has 0 aliphatic rings. The predicted octanol–water partition coefficient (Wildman–Crippen LogP) is 4.15. The summed E-state index contributed by atoms with van der Waals surface area (Å²) >= 11 is 11.7. The van der Waals surface area contributed by atoms with Gasteiger partial charge in [0.05, 0.1) is 10.7 Å². The number of benzene rings is 2. The highest BCUT2D eigenvalue weighted by molar-refractivity contribution is 6.33. The van der Waals surface area contributed by atoms with Gasteiger partial charge in [0.15, 0.2) is 0 Å². The summed E-state index contributed by atoms with van der Waals surface area (Å²) in [6, 6.07) is 12.7. The summed E-state index contributed by atoms with van der Waals surface area (Å²) in [5, 5.41) is 1.22. The molecule has 88 valence electrons. The maximum Gasteiger partial charge on any atom is 0.121 e. The van der Waals surface area contributed by atoms with Gasteiger partial charge in [0.25, 0.3) is 0 Å². The van der Waals surface area contributed by atoms with Crippen LogP contribution in [0, 0.1) is 0 Å². The van der Waals surface area contributed by atoms with Crippen molar-refractivity contribution in [1.82, 2.24) is 0 Å². The zero-order valence-electron chi connectivity index (χ0n) is 8.99. The van der Waals surface area contributed by atoms with E-state index < -0.39 is 0 Å². The Kier molecular flexibility index (Phi) is 3.77. The molecule has 2 nitrogen and oxygen atoms in total. The minimum atomic E-state index is 0.446. The highest BCUT2D eigenvalue weighted by Crippen LogP contribution is 2.24. The quantitative estimate of drug-likeness (QED) is 0.848. The molecule has 0 amide bonds. The van der Waals surface area contributed by atoms with Gasteiger partial charge in [-0.2, -0.15) is 0 Å². The molecular weight excluding hydrogens is 257 g/mol. The van der Waals surface area contributed by atoms with E-state index in [2.05, 4.69) is 0 Å². The van der Waals surface area contributed by atoms with E-state index in [0.717, 1.165) is 5.56 Å². The number of hydrogen-bond donors (Lipinski definition) is 1. The number of halogens is 2. The predicted molar refractivity (Wildman–Crippen MR) is 71.6 cm³/mol. The summed E-state index contributed by atoms with van der Waals surface area (Å²) < 4.78 is 5.59. The van der Waals surface area contributed by atoms with Crippen LogP contribution in [0.15, 0.2) is 42.5 Å². The molecule has 0 spiro atoms. The van der Waals surface area contributed by atoms with Crippen molar-refractivity contribution >= 4 is 28.9 Å². The highest BCUT2D eigenvalue weighted by Gasteiger charge is 2.00. The van der Waals surface area contributed by atoms with Gasteiger partial charge in [0.2, 0.25) is 0 Å². The topological polar surface area (TPSA) is 35.2 Å². The molecule has 2 rings (SSSR count). The number of hydrogen-bond acceptors (Lipinski definition) is 2. The normalized spacial score (nSPS) is 10.2. The van der Waals surface area contributed by atoms with E-state index in [1.165, 1.54) is 0 Å². The lowest BCUT2D eigenvalue weighted by Crippen LogP contribution is -1.96. The van der Waals surface area contributed by atoms with Crippen LogP contribution < -0.4 is 10.5 Å². The van der Waals surface area contributed by atoms with E-state index in [4.69, 9.17) is 33.7 Å². The molecule has 0 fully saturated rings. The van der Waals surface area contributed by atoms with Gasteiger partial charge in [0.1, 0.15) is 12.4 Å². The smallest absolute Gasteiger partial charge is 0.121 e. The van der Waals surface area contributed by atoms with Crippen molar-refractivity contribution in [3.63, 3.8) is 0 Å². The van der Waals surface area contributed by atoms with Crippen LogP contribution in [0.5, 0.6) is 5.75 Å². The van der Waals surface area contributed by atoms with Crippen molar-refractivity contribution in [3.8, 4) is 5.75 Å². The van der Waals surface area contributed by atoms with Gasteiger partial charge in [-0.1, -0.05) is 35.3 Å². The molecule has 0 radical (unpaired) electrons. The van der Waals surface area contributed by atoms with Crippen LogP contribution in [0.1, 0.15) is 5.56 Å². The Labute approximate surface area is 110 Å². The Hall–Kier alpha value is -1.38. The molecule has 17 heavy (non-hydrogen) atoms. The fourth-order valence-electron chi connectivity index (χ4n) is 1.41. The second-order valence-electron chi connectivity index (χ2n) is 3.60. The summed E-state index contributed by atoms with van der Waals surface area (Å²) in [6.07, 6.45) is 0. The van der Waals surface area contributed by atoms with Crippen LogP contribution in [0.2, 0.25) is 10.0 Å². The van der Waals surface area contributed by atoms with Crippen molar-refractivity contribution in [2.45, 2.75) is 6.61 Å². The van der Waals surface area contributed by atoms with Gasteiger partial charge >= 0.3 is 0 Å². The van der Waals surface area contributed by atoms with Crippen LogP contribution in [-0.4, -0.2) is 0 Å². The van der Waals surface area contributed by atoms with Gasteiger partial charge in [-0.05, 0) is 29.8 Å². The fraction of sp³-hybridized carbons (Fsp3) is 0.0769. The van der Waals surface area contributed by atoms with Crippen molar-refractivity contribution < 1.29 is 4.74 Å². The minimum Gasteiger partial charge on any atom is -0.489 e. The zero-order chi connectivity index (χ0) is 12.3. The highest BCUT2D eigenvalue weighted by atomic mass is 35.5. The van der Waals surface area contributed by atoms with Gasteiger partial charge in [0, 0.05) is 11.1 Å². The summed E-state index contributed by atoms with van der Waals surface area (Å²) in [7, 11) is 0. The van der Waals surface area contributed by atoms with Crippen molar-refractivity contribution in [3.05, 3.63) is 58.1 Å². The zero-order valence-corrected chi connectivity index (χ0v) is 10.5. The van der Waals surface area contributed by atoms with Gasteiger partial charge in [-0.25, -0.2) is 0 Å². The van der Waals surface area contributed by atoms with E-state index >= 15 is 0 Å². The Balaban J connectivity index is 2.05. The number of nitrogens with two attached hydrogens (primary N) is 1. The lowest BCUT2D eigenvalue weighted by Gasteiger charge is -2.07. The number of anilines is 1. The molecule has 0 aliphatic heterocycles. The standard InChI is InChI=1S/C13H11Cl2NO/c14-10-3-1-2-9(6-10)8-17-11-4-5-12(15)13(16)7-11/h1-7H,8,16H2. The molecule has 0 unspecified atom stereocenters. The number of ether oxygens (including phenoxy) is 1. The molecule has 2 aromatic carbocycles. The van der Waals surface area contributed by atoms with E-state index in [1.807, 2.05) is 24.3 Å². The monoisotopic (exact) mass is 267 g/mol. The fourth-order valence-corrected chi connectivity index (χ4v) is 1.74. The minimum absolute atomic E-state index is 0.446. The van der Waals surface area contributed by atoms with Gasteiger partial charge in [-0.3, -0.25) is 0 Å². The van der Waals surface area contributed by atoms with Crippen LogP contribution in [0.25, 0.3) is 0 Å². The van der Waals surface area contributed by atoms with E-state index in [9.17, 15) is 0 Å². The Morgan fingerprint density at radius 1 is 1.06 bits per heavy atom. The van der Waals surface area contributed by atoms with E-state index in [1.54, 1.807) is 18.2 Å². The Morgan fingerprint density at radius 2 is 1.88 bits per heavy atom. The average Bonchev–Trinajstić information content (AvgIpc) is 2.31. The van der Waals surface area contributed by atoms with Gasteiger partial charge in [-0.15, -0.1) is 0 Å². The number of nitrogen functional groups attached to an aromatic ring is 1. The van der Waals surface area contributed by atoms with Crippen LogP contribution >= 0.6 is 23.2 Å². The maximum absolute atomic E-state index is 5.88. The van der Waals surface area contributed by atoms with Crippen molar-refractivity contribution in [1.29, 1.82) is 0 Å². The third-order valence-electron chi connectivity index (χ3n) is 2.26. The third-order valence-corrected chi connectivity index (χ3v) is 2.84. The van der Waals surface area contributed by atoms with Crippen LogP contribution in [0.4, 0.5) is 5.69 Å². The van der Waals surface area contributed by atoms with Crippen LogP contribution in [0.3, 0.4) is 0 Å². The molecule has 2 N–H and O–H groups in total. The lowest BCUT2D eigenvalue weighted by atomic mass is 10.2. The molecule has 4 heteroatoms. The molecule has 0 aliphatic carbocycles. The second kappa shape index (κ2) is 5.30. The first-order chi connectivity index (χ1) is 8.15. The van der Waals surface area contributed by atoms with Crippen LogP contribution in [-0.2, 0) is 6.61 Å². The summed E-state index contributed by atoms with van der Waals surface area (Å²) in [5.41, 5.74) is 7.20. The molecule has 0 atom stereocenters. The molecule has 0 heterocycles. The third kappa shape index (κ3) is 3.29. The summed E-state index contributed by atoms with van der Waals surface area (Å²) in [6.45, 7) is 0.446. The maximum atomic E-state index is 5.88. The molecule has 0 aromatic heterocycles. The molecule has 0 saturated heterocycles. The van der Waals surface area contributed by atoms with Crippen molar-refractivity contribution in [2.24, 2.45) is 0 Å². The Bertz CT molecular complexity index is 529. The Morgan fingerprint density at radius 3 is 2.59 bits per heavy atom. The van der Waals surface area contributed by atoms with E-state index in [-0.39, 0.29) is 0 Å². The summed E-state index contributed by atoms with van der Waals surface area (Å²) in [4.78, 5) is 0. The van der Waals surface area contributed by atoms with E-state index in [0.29, 0.717) is 28.1 Å². The van der Waals surface area contributed by atoms with Gasteiger partial charge < -0.3 is 10.5 Å². The molecule has 0 bridgehead atoms. The first kappa shape index (κ1) is 12.1. The summed E-state index contributed by atoms with van der Waals surface area (Å²) in [5.74, 6) is 0.687. The molecule has 0 saturated carbocycles. The molecule has 2 aromatic rings. The van der Waals surface area contributed by atoms with Crippen molar-refractivity contribution in [2.75, 3.05) is 5.73 Å². The first-order valence-electron chi connectivity index (χ1n) is 5.07. The lowest BCUT2D eigenvalue weighted by molar-refractivity contribution is 0.306. The first-order valence-corrected chi connectivity index (χ1v) is 5.83. The largest absolute Gasteiger partial charge is 0.489 e. The molecular formula is C13H11Cl2NO. The second-order valence-corrected chi connectivity index (χ2v) is 4.45. The number of rotatable bonds is 3. The average molecular weight is 268 g/mol.